The van der Waals surface area contributed by atoms with Crippen LogP contribution in [-0.4, -0.2) is 67.4 Å². The van der Waals surface area contributed by atoms with Crippen molar-refractivity contribution in [2.24, 2.45) is 0 Å². The molecule has 0 saturated carbocycles. The van der Waals surface area contributed by atoms with E-state index in [4.69, 9.17) is 0 Å². The third kappa shape index (κ3) is 9.08. The molecular formula is C13H29F3N4S3. The van der Waals surface area contributed by atoms with Gasteiger partial charge < -0.3 is 5.32 Å². The summed E-state index contributed by atoms with van der Waals surface area (Å²) in [5.74, 6) is -6.25. The Hall–Kier alpha value is 0.680. The van der Waals surface area contributed by atoms with Crippen LogP contribution in [0.2, 0.25) is 0 Å². The Labute approximate surface area is 153 Å². The molecule has 4 N–H and O–H groups in total. The summed E-state index contributed by atoms with van der Waals surface area (Å²) >= 11 is 11.8. The van der Waals surface area contributed by atoms with Gasteiger partial charge in [-0.1, -0.05) is 13.8 Å². The molecule has 140 valence electrons. The van der Waals surface area contributed by atoms with Gasteiger partial charge in [-0.25, -0.2) is 13.2 Å². The predicted molar refractivity (Wildman–Crippen MR) is 101 cm³/mol. The fourth-order valence-corrected chi connectivity index (χ4v) is 2.43. The second-order valence-electron chi connectivity index (χ2n) is 5.39. The summed E-state index contributed by atoms with van der Waals surface area (Å²) in [4.78, 5) is 0. The smallest absolute Gasteiger partial charge is 0.183 e. The lowest BCUT2D eigenvalue weighted by atomic mass is 10.2. The molecule has 0 radical (unpaired) electrons. The van der Waals surface area contributed by atoms with Gasteiger partial charge in [-0.15, -0.1) is 0 Å². The molecule has 0 aromatic rings. The highest BCUT2D eigenvalue weighted by Gasteiger charge is 2.37. The molecule has 0 unspecified atom stereocenters. The molecule has 23 heavy (non-hydrogen) atoms. The van der Waals surface area contributed by atoms with Crippen LogP contribution in [0.4, 0.5) is 13.2 Å². The largest absolute Gasteiger partial charge is 0.313 e. The van der Waals surface area contributed by atoms with Crippen molar-refractivity contribution in [3.05, 3.63) is 0 Å². The zero-order chi connectivity index (χ0) is 18.0. The van der Waals surface area contributed by atoms with Crippen molar-refractivity contribution < 1.29 is 13.2 Å². The van der Waals surface area contributed by atoms with E-state index in [-0.39, 0.29) is 36.9 Å². The Morgan fingerprint density at radius 2 is 1.04 bits per heavy atom. The van der Waals surface area contributed by atoms with Crippen molar-refractivity contribution >= 4 is 37.9 Å². The zero-order valence-corrected chi connectivity index (χ0v) is 16.3. The first kappa shape index (κ1) is 23.7. The van der Waals surface area contributed by atoms with Crippen LogP contribution in [-0.2, 0) is 0 Å². The normalized spacial score (nSPS) is 19.8. The van der Waals surface area contributed by atoms with Gasteiger partial charge in [0.25, 0.3) is 0 Å². The summed E-state index contributed by atoms with van der Waals surface area (Å²) in [6, 6.07) is 0. The average molecular weight is 395 g/mol. The molecule has 3 atom stereocenters. The second-order valence-corrected chi connectivity index (χ2v) is 6.34. The number of likely N-dealkylation sites (N-methyl/N-ethyl adjacent to an activating group) is 2. The Kier molecular flexibility index (Phi) is 11.7. The van der Waals surface area contributed by atoms with E-state index in [1.54, 1.807) is 6.92 Å². The van der Waals surface area contributed by atoms with Crippen molar-refractivity contribution in [1.29, 1.82) is 0 Å². The van der Waals surface area contributed by atoms with Crippen molar-refractivity contribution in [2.75, 3.05) is 50.0 Å². The molecule has 0 saturated heterocycles. The molecule has 0 heterocycles. The Balaban J connectivity index is 4.64. The molecule has 0 amide bonds. The molecule has 0 fully saturated rings. The maximum atomic E-state index is 14.7. The number of nitrogens with one attached hydrogen (secondary N) is 4. The van der Waals surface area contributed by atoms with Gasteiger partial charge in [0.2, 0.25) is 0 Å². The van der Waals surface area contributed by atoms with E-state index in [0.29, 0.717) is 13.1 Å². The Morgan fingerprint density at radius 3 is 1.39 bits per heavy atom. The van der Waals surface area contributed by atoms with Gasteiger partial charge in [-0.05, 0) is 13.1 Å². The number of alkyl halides is 3. The van der Waals surface area contributed by atoms with E-state index in [2.05, 4.69) is 59.2 Å². The molecule has 10 heteroatoms. The zero-order valence-electron chi connectivity index (χ0n) is 13.6. The van der Waals surface area contributed by atoms with Crippen LogP contribution in [0.5, 0.6) is 0 Å². The summed E-state index contributed by atoms with van der Waals surface area (Å²) in [6.45, 7) is 3.87. The fraction of sp³-hybridized carbons (Fsp3) is 1.00. The Bertz CT molecular complexity index is 333. The lowest BCUT2D eigenvalue weighted by Crippen LogP contribution is -2.62. The molecule has 0 rings (SSSR count). The first-order valence-corrected chi connectivity index (χ1v) is 9.47. The van der Waals surface area contributed by atoms with E-state index in [1.165, 1.54) is 0 Å². The van der Waals surface area contributed by atoms with E-state index in [0.717, 1.165) is 0 Å². The van der Waals surface area contributed by atoms with Gasteiger partial charge in [-0.2, -0.15) is 37.9 Å². The Morgan fingerprint density at radius 1 is 0.652 bits per heavy atom. The summed E-state index contributed by atoms with van der Waals surface area (Å²) in [5.41, 5.74) is 0. The van der Waals surface area contributed by atoms with E-state index >= 15 is 0 Å². The highest BCUT2D eigenvalue weighted by atomic mass is 32.1. The maximum absolute atomic E-state index is 14.7. The molecule has 0 aromatic heterocycles. The maximum Gasteiger partial charge on any atom is 0.183 e. The molecule has 0 aliphatic rings. The van der Waals surface area contributed by atoms with E-state index in [9.17, 15) is 13.2 Å². The molecule has 0 spiro atoms. The molecular weight excluding hydrogens is 365 g/mol. The average Bonchev–Trinajstić information content (AvgIpc) is 2.56. The topological polar surface area (TPSA) is 48.1 Å². The van der Waals surface area contributed by atoms with Crippen molar-refractivity contribution in [2.45, 2.75) is 31.2 Å². The van der Waals surface area contributed by atoms with Gasteiger partial charge in [-0.3, -0.25) is 16.0 Å². The van der Waals surface area contributed by atoms with Gasteiger partial charge in [0.1, 0.15) is 0 Å². The van der Waals surface area contributed by atoms with Gasteiger partial charge in [0.15, 0.2) is 17.4 Å². The van der Waals surface area contributed by atoms with Crippen LogP contribution in [0.3, 0.4) is 0 Å². The number of thiol groups is 3. The number of hydrogen-bond acceptors (Lipinski definition) is 7. The minimum Gasteiger partial charge on any atom is -0.313 e. The van der Waals surface area contributed by atoms with Crippen molar-refractivity contribution in [1.82, 2.24) is 21.3 Å². The summed E-state index contributed by atoms with van der Waals surface area (Å²) in [7, 11) is 0. The number of rotatable bonds is 14. The van der Waals surface area contributed by atoms with Crippen LogP contribution < -0.4 is 21.3 Å². The molecule has 4 nitrogen and oxygen atoms in total. The first-order chi connectivity index (χ1) is 10.7. The highest BCUT2D eigenvalue weighted by molar-refractivity contribution is 7.80. The third-order valence-corrected chi connectivity index (χ3v) is 4.78. The molecule has 0 aliphatic heterocycles. The van der Waals surface area contributed by atoms with Crippen LogP contribution in [0.25, 0.3) is 0 Å². The fourth-order valence-electron chi connectivity index (χ4n) is 1.76. The van der Waals surface area contributed by atoms with Crippen LogP contribution in [0, 0.1) is 0 Å². The SMILES string of the molecule is CCNC[C@](F)(CS)NC[C@](F)(CS)NC[C@](F)(CS)NCC. The van der Waals surface area contributed by atoms with Gasteiger partial charge in [0.05, 0.1) is 0 Å². The number of hydrogen-bond donors (Lipinski definition) is 7. The number of halogens is 3. The molecule has 0 aromatic carbocycles. The lowest BCUT2D eigenvalue weighted by molar-refractivity contribution is 0.0570. The van der Waals surface area contributed by atoms with Crippen molar-refractivity contribution in [3.63, 3.8) is 0 Å². The first-order valence-electron chi connectivity index (χ1n) is 7.57. The predicted octanol–water partition coefficient (Wildman–Crippen LogP) is 1.17. The minimum atomic E-state index is -2.06. The summed E-state index contributed by atoms with van der Waals surface area (Å²) in [6.07, 6.45) is 0. The van der Waals surface area contributed by atoms with Crippen LogP contribution in [0.15, 0.2) is 0 Å². The summed E-state index contributed by atoms with van der Waals surface area (Å²) in [5, 5.41) is 10.4. The third-order valence-electron chi connectivity index (χ3n) is 3.27. The van der Waals surface area contributed by atoms with Gasteiger partial charge >= 0.3 is 0 Å². The van der Waals surface area contributed by atoms with Crippen LogP contribution in [0.1, 0.15) is 13.8 Å². The summed E-state index contributed by atoms with van der Waals surface area (Å²) < 4.78 is 43.5. The van der Waals surface area contributed by atoms with Crippen molar-refractivity contribution in [3.8, 4) is 0 Å². The monoisotopic (exact) mass is 394 g/mol. The molecule has 0 aliphatic carbocycles. The standard InChI is InChI=1S/C13H29F3N4S3/c1-3-17-5-11(14,8-21)19-7-13(16,10-23)20-6-12(15,9-22)18-4-2/h17-23H,3-10H2,1-2H3/t11-,12-,13-/m1/s1. The highest BCUT2D eigenvalue weighted by Crippen LogP contribution is 2.16. The van der Waals surface area contributed by atoms with E-state index in [1.807, 2.05) is 6.92 Å². The van der Waals surface area contributed by atoms with Crippen LogP contribution >= 0.6 is 37.9 Å². The quantitative estimate of drug-likeness (QED) is 0.179. The molecule has 0 bridgehead atoms. The van der Waals surface area contributed by atoms with Gasteiger partial charge in [0, 0.05) is 36.9 Å². The lowest BCUT2D eigenvalue weighted by Gasteiger charge is -2.34. The second kappa shape index (κ2) is 11.3. The van der Waals surface area contributed by atoms with E-state index < -0.39 is 17.4 Å². The minimum absolute atomic E-state index is 0.00324.